The molecule has 0 saturated heterocycles. The van der Waals surface area contributed by atoms with Crippen LogP contribution in [0.4, 0.5) is 8.78 Å². The van der Waals surface area contributed by atoms with E-state index < -0.39 is 11.6 Å². The summed E-state index contributed by atoms with van der Waals surface area (Å²) in [5, 5.41) is 0. The van der Waals surface area contributed by atoms with Crippen molar-refractivity contribution >= 4 is 12.6 Å². The van der Waals surface area contributed by atoms with E-state index in [1.807, 2.05) is 0 Å². The molecular weight excluding hydrogens is 194 g/mol. The molecule has 0 aromatic heterocycles. The lowest BCUT2D eigenvalue weighted by Crippen LogP contribution is -2.00. The van der Waals surface area contributed by atoms with E-state index in [4.69, 9.17) is 4.74 Å². The van der Waals surface area contributed by atoms with Gasteiger partial charge >= 0.3 is 0 Å². The molecule has 1 aromatic carbocycles. The van der Waals surface area contributed by atoms with Gasteiger partial charge in [-0.25, -0.2) is 8.78 Å². The summed E-state index contributed by atoms with van der Waals surface area (Å²) in [5.74, 6) is -1.70. The van der Waals surface area contributed by atoms with E-state index >= 15 is 0 Å². The van der Waals surface area contributed by atoms with Crippen molar-refractivity contribution < 1.29 is 13.5 Å². The molecule has 0 fully saturated rings. The van der Waals surface area contributed by atoms with Gasteiger partial charge in [0.2, 0.25) is 0 Å². The van der Waals surface area contributed by atoms with Crippen molar-refractivity contribution in [1.29, 1.82) is 0 Å². The topological polar surface area (TPSA) is 9.23 Å². The van der Waals surface area contributed by atoms with Crippen LogP contribution < -0.4 is 0 Å². The molecule has 0 amide bonds. The molecule has 0 bridgehead atoms. The molecule has 0 radical (unpaired) electrons. The maximum Gasteiger partial charge on any atom is 0.159 e. The fourth-order valence-electron chi connectivity index (χ4n) is 0.846. The second-order valence-corrected chi connectivity index (χ2v) is 3.39. The SMILES string of the molecule is CC(S)OCc1ccc(F)c(F)c1. The van der Waals surface area contributed by atoms with E-state index in [1.54, 1.807) is 6.92 Å². The second-order valence-electron chi connectivity index (χ2n) is 2.66. The molecule has 0 aliphatic carbocycles. The van der Waals surface area contributed by atoms with Gasteiger partial charge in [0.1, 0.15) is 0 Å². The highest BCUT2D eigenvalue weighted by molar-refractivity contribution is 7.80. The third-order valence-electron chi connectivity index (χ3n) is 1.48. The van der Waals surface area contributed by atoms with E-state index in [0.717, 1.165) is 12.1 Å². The minimum atomic E-state index is -0.854. The minimum absolute atomic E-state index is 0.215. The van der Waals surface area contributed by atoms with Crippen molar-refractivity contribution in [2.75, 3.05) is 0 Å². The molecule has 4 heteroatoms. The first-order valence-corrected chi connectivity index (χ1v) is 4.35. The van der Waals surface area contributed by atoms with E-state index in [-0.39, 0.29) is 12.0 Å². The predicted molar refractivity (Wildman–Crippen MR) is 49.6 cm³/mol. The fourth-order valence-corrected chi connectivity index (χ4v) is 0.921. The van der Waals surface area contributed by atoms with Crippen LogP contribution in [0.25, 0.3) is 0 Å². The first-order chi connectivity index (χ1) is 6.09. The van der Waals surface area contributed by atoms with Crippen LogP contribution in [0.1, 0.15) is 12.5 Å². The number of ether oxygens (including phenoxy) is 1. The monoisotopic (exact) mass is 204 g/mol. The summed E-state index contributed by atoms with van der Waals surface area (Å²) in [6, 6.07) is 3.68. The van der Waals surface area contributed by atoms with Gasteiger partial charge in [0.15, 0.2) is 11.6 Å². The van der Waals surface area contributed by atoms with Crippen LogP contribution in [0.5, 0.6) is 0 Å². The highest BCUT2D eigenvalue weighted by Crippen LogP contribution is 2.10. The largest absolute Gasteiger partial charge is 0.363 e. The molecule has 0 aliphatic rings. The van der Waals surface area contributed by atoms with Gasteiger partial charge in [-0.15, -0.1) is 12.6 Å². The molecule has 0 spiro atoms. The Morgan fingerprint density at radius 1 is 1.38 bits per heavy atom. The standard InChI is InChI=1S/C9H10F2OS/c1-6(13)12-5-7-2-3-8(10)9(11)4-7/h2-4,6,13H,5H2,1H3. The average molecular weight is 204 g/mol. The number of hydrogen-bond acceptors (Lipinski definition) is 2. The summed E-state index contributed by atoms with van der Waals surface area (Å²) < 4.78 is 30.2. The number of thiol groups is 1. The van der Waals surface area contributed by atoms with Crippen LogP contribution >= 0.6 is 12.6 Å². The summed E-state index contributed by atoms with van der Waals surface area (Å²) in [6.45, 7) is 1.99. The number of rotatable bonds is 3. The quantitative estimate of drug-likeness (QED) is 0.588. The lowest BCUT2D eigenvalue weighted by atomic mass is 10.2. The van der Waals surface area contributed by atoms with Crippen LogP contribution in [0.15, 0.2) is 18.2 Å². The highest BCUT2D eigenvalue weighted by Gasteiger charge is 2.03. The molecule has 13 heavy (non-hydrogen) atoms. The Bertz CT molecular complexity index is 289. The molecule has 1 unspecified atom stereocenters. The van der Waals surface area contributed by atoms with E-state index in [9.17, 15) is 8.78 Å². The van der Waals surface area contributed by atoms with Crippen LogP contribution in [-0.4, -0.2) is 5.44 Å². The van der Waals surface area contributed by atoms with Crippen LogP contribution in [-0.2, 0) is 11.3 Å². The Labute approximate surface area is 81.1 Å². The molecule has 72 valence electrons. The number of hydrogen-bond donors (Lipinski definition) is 1. The van der Waals surface area contributed by atoms with Crippen molar-refractivity contribution in [3.8, 4) is 0 Å². The van der Waals surface area contributed by atoms with Crippen LogP contribution in [0.3, 0.4) is 0 Å². The fraction of sp³-hybridized carbons (Fsp3) is 0.333. The van der Waals surface area contributed by atoms with Crippen molar-refractivity contribution in [3.63, 3.8) is 0 Å². The second kappa shape index (κ2) is 4.58. The minimum Gasteiger partial charge on any atom is -0.363 e. The number of halogens is 2. The van der Waals surface area contributed by atoms with Crippen molar-refractivity contribution in [1.82, 2.24) is 0 Å². The van der Waals surface area contributed by atoms with E-state index in [1.165, 1.54) is 6.07 Å². The van der Waals surface area contributed by atoms with Crippen molar-refractivity contribution in [2.24, 2.45) is 0 Å². The summed E-state index contributed by atoms with van der Waals surface area (Å²) in [5.41, 5.74) is 0.382. The molecular formula is C9H10F2OS. The smallest absolute Gasteiger partial charge is 0.159 e. The molecule has 1 rings (SSSR count). The predicted octanol–water partition coefficient (Wildman–Crippen LogP) is 2.76. The normalized spacial score (nSPS) is 12.9. The van der Waals surface area contributed by atoms with Gasteiger partial charge < -0.3 is 4.74 Å². The average Bonchev–Trinajstić information content (AvgIpc) is 2.07. The van der Waals surface area contributed by atoms with Gasteiger partial charge in [-0.1, -0.05) is 6.07 Å². The zero-order valence-corrected chi connectivity index (χ0v) is 8.02. The summed E-state index contributed by atoms with van der Waals surface area (Å²) >= 11 is 3.98. The van der Waals surface area contributed by atoms with E-state index in [2.05, 4.69) is 12.6 Å². The summed E-state index contributed by atoms with van der Waals surface area (Å²) in [4.78, 5) is 0. The molecule has 1 aromatic rings. The first kappa shape index (κ1) is 10.5. The lowest BCUT2D eigenvalue weighted by molar-refractivity contribution is 0.111. The van der Waals surface area contributed by atoms with Crippen molar-refractivity contribution in [2.45, 2.75) is 19.0 Å². The Hall–Kier alpha value is -0.610. The zero-order valence-electron chi connectivity index (χ0n) is 7.13. The molecule has 1 nitrogen and oxygen atoms in total. The Morgan fingerprint density at radius 3 is 2.62 bits per heavy atom. The molecule has 0 aliphatic heterocycles. The van der Waals surface area contributed by atoms with Gasteiger partial charge in [0, 0.05) is 0 Å². The maximum atomic E-state index is 12.7. The first-order valence-electron chi connectivity index (χ1n) is 3.83. The molecule has 1 atom stereocenters. The van der Waals surface area contributed by atoms with Crippen LogP contribution in [0, 0.1) is 11.6 Å². The van der Waals surface area contributed by atoms with Gasteiger partial charge in [-0.3, -0.25) is 0 Å². The van der Waals surface area contributed by atoms with Gasteiger partial charge in [0.05, 0.1) is 12.0 Å². The third-order valence-corrected chi connectivity index (χ3v) is 1.62. The highest BCUT2D eigenvalue weighted by atomic mass is 32.1. The Balaban J connectivity index is 2.63. The van der Waals surface area contributed by atoms with Gasteiger partial charge in [-0.05, 0) is 24.6 Å². The van der Waals surface area contributed by atoms with E-state index in [0.29, 0.717) is 5.56 Å². The lowest BCUT2D eigenvalue weighted by Gasteiger charge is -2.06. The maximum absolute atomic E-state index is 12.7. The number of benzene rings is 1. The van der Waals surface area contributed by atoms with Crippen LogP contribution in [0.2, 0.25) is 0 Å². The van der Waals surface area contributed by atoms with Gasteiger partial charge in [0.25, 0.3) is 0 Å². The van der Waals surface area contributed by atoms with Gasteiger partial charge in [-0.2, -0.15) is 0 Å². The third kappa shape index (κ3) is 3.32. The molecule has 0 saturated carbocycles. The molecule has 0 heterocycles. The molecule has 0 N–H and O–H groups in total. The summed E-state index contributed by atoms with van der Waals surface area (Å²) in [7, 11) is 0. The zero-order chi connectivity index (χ0) is 9.84. The Kier molecular flexibility index (Phi) is 3.69. The Morgan fingerprint density at radius 2 is 2.08 bits per heavy atom. The van der Waals surface area contributed by atoms with Crippen molar-refractivity contribution in [3.05, 3.63) is 35.4 Å². The summed E-state index contributed by atoms with van der Waals surface area (Å²) in [6.07, 6.45) is 0.